The number of carboxylic acid groups (broad SMARTS) is 1. The Labute approximate surface area is 185 Å². The van der Waals surface area contributed by atoms with E-state index in [1.54, 1.807) is 0 Å². The highest BCUT2D eigenvalue weighted by molar-refractivity contribution is 5.67. The van der Waals surface area contributed by atoms with Crippen molar-refractivity contribution in [2.24, 2.45) is 17.3 Å². The highest BCUT2D eigenvalue weighted by atomic mass is 16.4. The Hall–Kier alpha value is -1.35. The smallest absolute Gasteiger partial charge is 0.303 e. The van der Waals surface area contributed by atoms with E-state index >= 15 is 0 Å². The zero-order valence-corrected chi connectivity index (χ0v) is 20.3. The molecule has 2 rings (SSSR count). The third kappa shape index (κ3) is 8.06. The third-order valence-corrected chi connectivity index (χ3v) is 6.51. The second kappa shape index (κ2) is 11.3. The van der Waals surface area contributed by atoms with Gasteiger partial charge in [-0.25, -0.2) is 0 Å². The zero-order valence-electron chi connectivity index (χ0n) is 20.3. The Morgan fingerprint density at radius 3 is 2.37 bits per heavy atom. The molecular formula is C27H45NO2. The normalized spacial score (nSPS) is 21.7. The van der Waals surface area contributed by atoms with Gasteiger partial charge in [0.1, 0.15) is 0 Å². The maximum absolute atomic E-state index is 11.4. The van der Waals surface area contributed by atoms with Gasteiger partial charge in [-0.05, 0) is 73.4 Å². The van der Waals surface area contributed by atoms with Gasteiger partial charge in [-0.15, -0.1) is 0 Å². The van der Waals surface area contributed by atoms with Crippen molar-refractivity contribution in [3.8, 4) is 0 Å². The number of hydrogen-bond donors (Lipinski definition) is 1. The zero-order chi connectivity index (χ0) is 22.3. The van der Waals surface area contributed by atoms with Crippen LogP contribution in [0.5, 0.6) is 0 Å². The first-order chi connectivity index (χ1) is 14.1. The van der Waals surface area contributed by atoms with E-state index in [2.05, 4.69) is 70.7 Å². The summed E-state index contributed by atoms with van der Waals surface area (Å²) < 4.78 is 0. The number of aliphatic carboxylic acids is 1. The highest BCUT2D eigenvalue weighted by Crippen LogP contribution is 2.40. The van der Waals surface area contributed by atoms with Crippen LogP contribution >= 0.6 is 0 Å². The summed E-state index contributed by atoms with van der Waals surface area (Å²) >= 11 is 0. The summed E-state index contributed by atoms with van der Waals surface area (Å²) in [5.74, 6) is 0.333. The summed E-state index contributed by atoms with van der Waals surface area (Å²) in [7, 11) is 0. The lowest BCUT2D eigenvalue weighted by atomic mass is 9.80. The van der Waals surface area contributed by atoms with Crippen molar-refractivity contribution in [1.82, 2.24) is 4.90 Å². The van der Waals surface area contributed by atoms with Crippen molar-refractivity contribution in [1.29, 1.82) is 0 Å². The van der Waals surface area contributed by atoms with Gasteiger partial charge < -0.3 is 5.11 Å². The maximum atomic E-state index is 11.4. The third-order valence-electron chi connectivity index (χ3n) is 6.51. The van der Waals surface area contributed by atoms with Gasteiger partial charge in [0, 0.05) is 18.5 Å². The van der Waals surface area contributed by atoms with Crippen LogP contribution in [-0.2, 0) is 11.2 Å². The van der Waals surface area contributed by atoms with E-state index in [1.807, 2.05) is 0 Å². The van der Waals surface area contributed by atoms with Crippen LogP contribution in [0.3, 0.4) is 0 Å². The largest absolute Gasteiger partial charge is 0.481 e. The number of aryl methyl sites for hydroxylation is 1. The molecule has 3 atom stereocenters. The van der Waals surface area contributed by atoms with Crippen LogP contribution in [0, 0.1) is 17.3 Å². The Kier molecular flexibility index (Phi) is 9.40. The lowest BCUT2D eigenvalue weighted by molar-refractivity contribution is -0.138. The van der Waals surface area contributed by atoms with E-state index in [9.17, 15) is 9.90 Å². The maximum Gasteiger partial charge on any atom is 0.303 e. The van der Waals surface area contributed by atoms with Crippen LogP contribution in [0.15, 0.2) is 24.3 Å². The molecule has 1 saturated heterocycles. The van der Waals surface area contributed by atoms with Crippen LogP contribution in [0.4, 0.5) is 0 Å². The van der Waals surface area contributed by atoms with Crippen LogP contribution in [0.25, 0.3) is 0 Å². The van der Waals surface area contributed by atoms with Gasteiger partial charge in [0.15, 0.2) is 0 Å². The molecule has 0 unspecified atom stereocenters. The summed E-state index contributed by atoms with van der Waals surface area (Å²) in [6, 6.07) is 10.1. The fraction of sp³-hybridized carbons (Fsp3) is 0.741. The van der Waals surface area contributed by atoms with Gasteiger partial charge in [-0.1, -0.05) is 72.2 Å². The number of benzene rings is 1. The molecule has 3 heteroatoms. The summed E-state index contributed by atoms with van der Waals surface area (Å²) in [4.78, 5) is 14.1. The molecule has 1 aromatic rings. The predicted molar refractivity (Wildman–Crippen MR) is 127 cm³/mol. The topological polar surface area (TPSA) is 40.5 Å². The second-order valence-electron chi connectivity index (χ2n) is 11.1. The van der Waals surface area contributed by atoms with Crippen molar-refractivity contribution in [3.05, 3.63) is 35.4 Å². The van der Waals surface area contributed by atoms with Crippen molar-refractivity contribution in [3.63, 3.8) is 0 Å². The number of hydrogen-bond acceptors (Lipinski definition) is 2. The Bertz CT molecular complexity index is 644. The minimum atomic E-state index is -0.656. The van der Waals surface area contributed by atoms with Crippen LogP contribution in [-0.4, -0.2) is 28.6 Å². The summed E-state index contributed by atoms with van der Waals surface area (Å²) in [6.45, 7) is 14.9. The monoisotopic (exact) mass is 415 g/mol. The fourth-order valence-corrected chi connectivity index (χ4v) is 5.07. The molecule has 0 radical (unpaired) electrons. The second-order valence-corrected chi connectivity index (χ2v) is 11.1. The molecule has 0 bridgehead atoms. The lowest BCUT2D eigenvalue weighted by Gasteiger charge is -2.46. The molecule has 0 aromatic heterocycles. The minimum Gasteiger partial charge on any atom is -0.481 e. The number of carboxylic acids is 1. The molecule has 1 N–H and O–H groups in total. The first-order valence-corrected chi connectivity index (χ1v) is 12.2. The average Bonchev–Trinajstić information content (AvgIpc) is 2.64. The van der Waals surface area contributed by atoms with E-state index < -0.39 is 5.97 Å². The number of carbonyl (C=O) groups is 1. The highest BCUT2D eigenvalue weighted by Gasteiger charge is 2.36. The van der Waals surface area contributed by atoms with Gasteiger partial charge in [0.25, 0.3) is 0 Å². The first-order valence-electron chi connectivity index (χ1n) is 12.2. The molecule has 0 aliphatic carbocycles. The van der Waals surface area contributed by atoms with E-state index in [-0.39, 0.29) is 11.3 Å². The van der Waals surface area contributed by atoms with Crippen molar-refractivity contribution in [2.45, 2.75) is 105 Å². The quantitative estimate of drug-likeness (QED) is 0.443. The Morgan fingerprint density at radius 1 is 1.17 bits per heavy atom. The van der Waals surface area contributed by atoms with E-state index in [4.69, 9.17) is 0 Å². The van der Waals surface area contributed by atoms with E-state index in [1.165, 1.54) is 36.8 Å². The SMILES string of the molecule is CCCc1ccc([C@@H]2C[C@H](CC(=O)O)CCN2[C@H](CCC(C)C)CC(C)(C)C)cc1. The van der Waals surface area contributed by atoms with Gasteiger partial charge in [-0.2, -0.15) is 0 Å². The molecular weight excluding hydrogens is 370 g/mol. The Morgan fingerprint density at radius 2 is 1.83 bits per heavy atom. The number of rotatable bonds is 10. The van der Waals surface area contributed by atoms with E-state index in [0.717, 1.165) is 25.8 Å². The Balaban J connectivity index is 2.30. The predicted octanol–water partition coefficient (Wildman–Crippen LogP) is 7.11. The van der Waals surface area contributed by atoms with Crippen molar-refractivity contribution in [2.75, 3.05) is 6.54 Å². The molecule has 1 fully saturated rings. The van der Waals surface area contributed by atoms with Crippen molar-refractivity contribution < 1.29 is 9.90 Å². The van der Waals surface area contributed by atoms with Gasteiger partial charge >= 0.3 is 5.97 Å². The number of likely N-dealkylation sites (tertiary alicyclic amines) is 1. The van der Waals surface area contributed by atoms with Crippen molar-refractivity contribution >= 4 is 5.97 Å². The molecule has 170 valence electrons. The molecule has 0 spiro atoms. The number of nitrogens with zero attached hydrogens (tertiary/aromatic N) is 1. The minimum absolute atomic E-state index is 0.277. The lowest BCUT2D eigenvalue weighted by Crippen LogP contribution is -2.45. The number of piperidine rings is 1. The van der Waals surface area contributed by atoms with Crippen LogP contribution < -0.4 is 0 Å². The molecule has 1 heterocycles. The molecule has 0 amide bonds. The molecule has 3 nitrogen and oxygen atoms in total. The van der Waals surface area contributed by atoms with Gasteiger partial charge in [0.05, 0.1) is 0 Å². The van der Waals surface area contributed by atoms with Gasteiger partial charge in [0.2, 0.25) is 0 Å². The van der Waals surface area contributed by atoms with Crippen LogP contribution in [0.1, 0.15) is 104 Å². The molecule has 1 aliphatic heterocycles. The summed E-state index contributed by atoms with van der Waals surface area (Å²) in [5, 5.41) is 9.38. The molecule has 1 aliphatic rings. The molecule has 1 aromatic carbocycles. The standard InChI is InChI=1S/C27H45NO2/c1-7-8-21-10-12-23(13-11-21)25-17-22(18-26(29)30)15-16-28(25)24(14-9-20(2)3)19-27(4,5)6/h10-13,20,22,24-25H,7-9,14-19H2,1-6H3,(H,29,30)/t22-,24-,25+/m1/s1. The van der Waals surface area contributed by atoms with E-state index in [0.29, 0.717) is 24.4 Å². The summed E-state index contributed by atoms with van der Waals surface area (Å²) in [5.41, 5.74) is 3.06. The van der Waals surface area contributed by atoms with Gasteiger partial charge in [-0.3, -0.25) is 9.69 Å². The summed E-state index contributed by atoms with van der Waals surface area (Å²) in [6.07, 6.45) is 8.21. The first kappa shape index (κ1) is 24.9. The van der Waals surface area contributed by atoms with Crippen LogP contribution in [0.2, 0.25) is 0 Å². The average molecular weight is 416 g/mol. The molecule has 0 saturated carbocycles. The molecule has 30 heavy (non-hydrogen) atoms. The fourth-order valence-electron chi connectivity index (χ4n) is 5.07.